The molecule has 0 saturated carbocycles. The first-order valence-corrected chi connectivity index (χ1v) is 6.66. The second-order valence-electron chi connectivity index (χ2n) is 4.40. The van der Waals surface area contributed by atoms with Crippen LogP contribution in [0.3, 0.4) is 0 Å². The number of benzene rings is 2. The molecule has 0 spiro atoms. The van der Waals surface area contributed by atoms with E-state index in [0.29, 0.717) is 17.3 Å². The molecule has 0 unspecified atom stereocenters. The van der Waals surface area contributed by atoms with Crippen molar-refractivity contribution in [2.45, 2.75) is 6.54 Å². The first kappa shape index (κ1) is 12.9. The molecule has 0 atom stereocenters. The van der Waals surface area contributed by atoms with Gasteiger partial charge in [0.05, 0.1) is 5.02 Å². The number of nitrogens with two attached hydrogens (primary N) is 1. The molecule has 20 heavy (non-hydrogen) atoms. The van der Waals surface area contributed by atoms with E-state index in [1.807, 2.05) is 48.5 Å². The molecular weight excluding hydrogens is 272 g/mol. The van der Waals surface area contributed by atoms with Crippen molar-refractivity contribution in [3.05, 3.63) is 65.3 Å². The van der Waals surface area contributed by atoms with Gasteiger partial charge in [-0.25, -0.2) is 0 Å². The highest BCUT2D eigenvalue weighted by molar-refractivity contribution is 6.35. The van der Waals surface area contributed by atoms with Gasteiger partial charge in [0.1, 0.15) is 11.3 Å². The maximum atomic E-state index is 6.16. The van der Waals surface area contributed by atoms with Crippen LogP contribution in [0.2, 0.25) is 5.02 Å². The summed E-state index contributed by atoms with van der Waals surface area (Å²) < 4.78 is 5.88. The number of ether oxygens (including phenoxy) is 1. The Labute approximate surface area is 122 Å². The molecule has 3 rings (SSSR count). The van der Waals surface area contributed by atoms with Gasteiger partial charge in [0.25, 0.3) is 0 Å². The van der Waals surface area contributed by atoms with Crippen molar-refractivity contribution in [2.24, 2.45) is 5.73 Å². The van der Waals surface area contributed by atoms with E-state index in [2.05, 4.69) is 4.98 Å². The van der Waals surface area contributed by atoms with Crippen LogP contribution >= 0.6 is 11.6 Å². The van der Waals surface area contributed by atoms with Crippen LogP contribution in [0.25, 0.3) is 10.9 Å². The highest BCUT2D eigenvalue weighted by atomic mass is 35.5. The fourth-order valence-electron chi connectivity index (χ4n) is 2.01. The highest BCUT2D eigenvalue weighted by Gasteiger charge is 2.07. The van der Waals surface area contributed by atoms with Gasteiger partial charge in [-0.15, -0.1) is 0 Å². The number of hydrogen-bond donors (Lipinski definition) is 1. The molecule has 1 heterocycles. The van der Waals surface area contributed by atoms with Gasteiger partial charge in [0.2, 0.25) is 0 Å². The van der Waals surface area contributed by atoms with Crippen LogP contribution < -0.4 is 10.5 Å². The molecular formula is C16H13ClN2O. The average molecular weight is 285 g/mol. The molecule has 0 saturated heterocycles. The third-order valence-electron chi connectivity index (χ3n) is 3.07. The Morgan fingerprint density at radius 2 is 1.85 bits per heavy atom. The van der Waals surface area contributed by atoms with E-state index in [1.165, 1.54) is 0 Å². The number of pyridine rings is 1. The molecule has 1 aromatic heterocycles. The third kappa shape index (κ3) is 2.46. The van der Waals surface area contributed by atoms with Crippen LogP contribution in [-0.2, 0) is 6.54 Å². The summed E-state index contributed by atoms with van der Waals surface area (Å²) in [5.41, 5.74) is 7.40. The highest BCUT2D eigenvalue weighted by Crippen LogP contribution is 2.32. The predicted octanol–water partition coefficient (Wildman–Crippen LogP) is 4.14. The Bertz CT molecular complexity index is 741. The zero-order valence-corrected chi connectivity index (χ0v) is 11.5. The number of aromatic nitrogens is 1. The first-order chi connectivity index (χ1) is 9.78. The second-order valence-corrected chi connectivity index (χ2v) is 4.80. The van der Waals surface area contributed by atoms with E-state index in [-0.39, 0.29) is 0 Å². The maximum Gasteiger partial charge on any atom is 0.153 e. The predicted molar refractivity (Wildman–Crippen MR) is 81.2 cm³/mol. The van der Waals surface area contributed by atoms with Crippen LogP contribution in [0.15, 0.2) is 54.7 Å². The molecule has 0 bridgehead atoms. The van der Waals surface area contributed by atoms with Gasteiger partial charge < -0.3 is 10.5 Å². The zero-order valence-electron chi connectivity index (χ0n) is 10.7. The molecule has 4 heteroatoms. The zero-order chi connectivity index (χ0) is 13.9. The van der Waals surface area contributed by atoms with Gasteiger partial charge in [0, 0.05) is 18.1 Å². The largest absolute Gasteiger partial charge is 0.455 e. The SMILES string of the molecule is NCc1ccc(Oc2ccc(Cl)c3cccnc23)cc1. The van der Waals surface area contributed by atoms with Crippen molar-refractivity contribution >= 4 is 22.5 Å². The fraction of sp³-hybridized carbons (Fsp3) is 0.0625. The lowest BCUT2D eigenvalue weighted by Crippen LogP contribution is -1.95. The van der Waals surface area contributed by atoms with Gasteiger partial charge in [-0.3, -0.25) is 4.98 Å². The Morgan fingerprint density at radius 3 is 2.60 bits per heavy atom. The first-order valence-electron chi connectivity index (χ1n) is 6.28. The summed E-state index contributed by atoms with van der Waals surface area (Å²) in [5, 5.41) is 1.55. The van der Waals surface area contributed by atoms with Crippen molar-refractivity contribution in [1.29, 1.82) is 0 Å². The topological polar surface area (TPSA) is 48.1 Å². The average Bonchev–Trinajstić information content (AvgIpc) is 2.51. The van der Waals surface area contributed by atoms with Crippen LogP contribution in [0.4, 0.5) is 0 Å². The molecule has 0 aliphatic rings. The molecule has 100 valence electrons. The summed E-state index contributed by atoms with van der Waals surface area (Å²) >= 11 is 6.16. The summed E-state index contributed by atoms with van der Waals surface area (Å²) in [6, 6.07) is 15.1. The van der Waals surface area contributed by atoms with E-state index >= 15 is 0 Å². The van der Waals surface area contributed by atoms with Crippen molar-refractivity contribution in [2.75, 3.05) is 0 Å². The molecule has 0 aliphatic carbocycles. The Kier molecular flexibility index (Phi) is 3.54. The van der Waals surface area contributed by atoms with Gasteiger partial charge in [-0.2, -0.15) is 0 Å². The van der Waals surface area contributed by atoms with Crippen LogP contribution in [-0.4, -0.2) is 4.98 Å². The van der Waals surface area contributed by atoms with Gasteiger partial charge in [0.15, 0.2) is 5.75 Å². The van der Waals surface area contributed by atoms with E-state index in [0.717, 1.165) is 22.2 Å². The summed E-state index contributed by atoms with van der Waals surface area (Å²) in [6.45, 7) is 0.520. The number of hydrogen-bond acceptors (Lipinski definition) is 3. The van der Waals surface area contributed by atoms with E-state index in [1.54, 1.807) is 6.20 Å². The number of rotatable bonds is 3. The third-order valence-corrected chi connectivity index (χ3v) is 3.40. The Morgan fingerprint density at radius 1 is 1.05 bits per heavy atom. The quantitative estimate of drug-likeness (QED) is 0.786. The molecule has 0 radical (unpaired) electrons. The minimum absolute atomic E-state index is 0.520. The fourth-order valence-corrected chi connectivity index (χ4v) is 2.23. The smallest absolute Gasteiger partial charge is 0.153 e. The molecule has 3 nitrogen and oxygen atoms in total. The minimum Gasteiger partial charge on any atom is -0.455 e. The number of fused-ring (bicyclic) bond motifs is 1. The molecule has 0 fully saturated rings. The summed E-state index contributed by atoms with van der Waals surface area (Å²) in [4.78, 5) is 4.34. The standard InChI is InChI=1S/C16H13ClN2O/c17-14-7-8-15(16-13(14)2-1-9-19-16)20-12-5-3-11(10-18)4-6-12/h1-9H,10,18H2. The lowest BCUT2D eigenvalue weighted by atomic mass is 10.2. The van der Waals surface area contributed by atoms with Crippen molar-refractivity contribution in [3.63, 3.8) is 0 Å². The lowest BCUT2D eigenvalue weighted by molar-refractivity contribution is 0.487. The van der Waals surface area contributed by atoms with Crippen molar-refractivity contribution in [1.82, 2.24) is 4.98 Å². The van der Waals surface area contributed by atoms with Crippen LogP contribution in [0.5, 0.6) is 11.5 Å². The molecule has 2 aromatic carbocycles. The molecule has 2 N–H and O–H groups in total. The van der Waals surface area contributed by atoms with Crippen molar-refractivity contribution in [3.8, 4) is 11.5 Å². The monoisotopic (exact) mass is 284 g/mol. The van der Waals surface area contributed by atoms with Crippen LogP contribution in [0, 0.1) is 0 Å². The maximum absolute atomic E-state index is 6.16. The van der Waals surface area contributed by atoms with Crippen LogP contribution in [0.1, 0.15) is 5.56 Å². The van der Waals surface area contributed by atoms with E-state index in [9.17, 15) is 0 Å². The van der Waals surface area contributed by atoms with Gasteiger partial charge in [-0.05, 0) is 42.0 Å². The Hall–Kier alpha value is -2.10. The lowest BCUT2D eigenvalue weighted by Gasteiger charge is -2.09. The molecule has 0 aliphatic heterocycles. The van der Waals surface area contributed by atoms with Crippen molar-refractivity contribution < 1.29 is 4.74 Å². The Balaban J connectivity index is 2.00. The normalized spacial score (nSPS) is 10.7. The molecule has 0 amide bonds. The van der Waals surface area contributed by atoms with Gasteiger partial charge >= 0.3 is 0 Å². The molecule has 3 aromatic rings. The number of halogens is 1. The van der Waals surface area contributed by atoms with E-state index < -0.39 is 0 Å². The minimum atomic E-state index is 0.520. The van der Waals surface area contributed by atoms with E-state index in [4.69, 9.17) is 22.1 Å². The summed E-state index contributed by atoms with van der Waals surface area (Å²) in [5.74, 6) is 1.43. The summed E-state index contributed by atoms with van der Waals surface area (Å²) in [6.07, 6.45) is 1.73. The van der Waals surface area contributed by atoms with Gasteiger partial charge in [-0.1, -0.05) is 23.7 Å². The number of nitrogens with zero attached hydrogens (tertiary/aromatic N) is 1. The second kappa shape index (κ2) is 5.49. The summed E-state index contributed by atoms with van der Waals surface area (Å²) in [7, 11) is 0.